The monoisotopic (exact) mass is 445 g/mol. The van der Waals surface area contributed by atoms with Gasteiger partial charge < -0.3 is 10.7 Å². The van der Waals surface area contributed by atoms with Gasteiger partial charge in [0.15, 0.2) is 16.8 Å². The van der Waals surface area contributed by atoms with Crippen molar-refractivity contribution in [1.29, 1.82) is 0 Å². The lowest BCUT2D eigenvalue weighted by Crippen LogP contribution is -1.94. The van der Waals surface area contributed by atoms with Crippen LogP contribution in [0.15, 0.2) is 55.0 Å². The summed E-state index contributed by atoms with van der Waals surface area (Å²) in [5.74, 6) is -0.169. The van der Waals surface area contributed by atoms with Crippen molar-refractivity contribution in [1.82, 2.24) is 30.1 Å². The number of nitrogens with one attached hydrogen (secondary N) is 2. The Balaban J connectivity index is 1.55. The summed E-state index contributed by atoms with van der Waals surface area (Å²) in [5, 5.41) is 7.07. The number of aromatic amines is 2. The average Bonchev–Trinajstić information content (AvgIpc) is 3.51. The predicted octanol–water partition coefficient (Wildman–Crippen LogP) is 5.15. The number of rotatable bonds is 3. The third-order valence-corrected chi connectivity index (χ3v) is 6.06. The first-order valence-corrected chi connectivity index (χ1v) is 10.4. The Morgan fingerprint density at radius 2 is 1.88 bits per heavy atom. The highest BCUT2D eigenvalue weighted by atomic mass is 32.1. The van der Waals surface area contributed by atoms with E-state index < -0.39 is 5.82 Å². The largest absolute Gasteiger partial charge is 0.397 e. The van der Waals surface area contributed by atoms with Crippen LogP contribution in [-0.4, -0.2) is 30.1 Å². The van der Waals surface area contributed by atoms with Gasteiger partial charge in [0, 0.05) is 28.4 Å². The van der Waals surface area contributed by atoms with E-state index in [4.69, 9.17) is 5.73 Å². The second kappa shape index (κ2) is 6.92. The minimum Gasteiger partial charge on any atom is -0.397 e. The van der Waals surface area contributed by atoms with Gasteiger partial charge in [-0.1, -0.05) is 12.1 Å². The SMILES string of the molecule is Nc1cncc(-c2ncc3[nH]nc(-c4nc5c(-c6ccc(F)s6)cccc5[nH]4)c3c2F)c1. The lowest BCUT2D eigenvalue weighted by Gasteiger charge is -2.04. The molecule has 0 unspecified atom stereocenters. The molecule has 5 heterocycles. The Bertz CT molecular complexity index is 1630. The maximum atomic E-state index is 15.6. The van der Waals surface area contributed by atoms with Gasteiger partial charge in [0.25, 0.3) is 0 Å². The number of benzene rings is 1. The number of aromatic nitrogens is 6. The van der Waals surface area contributed by atoms with E-state index in [0.29, 0.717) is 33.8 Å². The van der Waals surface area contributed by atoms with Crippen molar-refractivity contribution in [2.24, 2.45) is 0 Å². The van der Waals surface area contributed by atoms with Crippen molar-refractivity contribution in [2.75, 3.05) is 5.73 Å². The zero-order valence-corrected chi connectivity index (χ0v) is 17.0. The fourth-order valence-corrected chi connectivity index (χ4v) is 4.49. The van der Waals surface area contributed by atoms with Gasteiger partial charge in [0.2, 0.25) is 0 Å². The van der Waals surface area contributed by atoms with Crippen LogP contribution in [0.5, 0.6) is 0 Å². The number of halogens is 2. The van der Waals surface area contributed by atoms with Crippen LogP contribution >= 0.6 is 11.3 Å². The summed E-state index contributed by atoms with van der Waals surface area (Å²) in [6, 6.07) is 10.3. The number of nitrogens with two attached hydrogens (primary N) is 1. The first-order valence-electron chi connectivity index (χ1n) is 9.57. The number of thiophene rings is 1. The number of nitrogens with zero attached hydrogens (tertiary/aromatic N) is 4. The molecule has 10 heteroatoms. The van der Waals surface area contributed by atoms with E-state index in [1.54, 1.807) is 12.1 Å². The summed E-state index contributed by atoms with van der Waals surface area (Å²) in [7, 11) is 0. The molecule has 5 aromatic heterocycles. The van der Waals surface area contributed by atoms with Gasteiger partial charge in [0.05, 0.1) is 33.8 Å². The zero-order chi connectivity index (χ0) is 21.8. The highest BCUT2D eigenvalue weighted by molar-refractivity contribution is 7.14. The summed E-state index contributed by atoms with van der Waals surface area (Å²) in [6.45, 7) is 0. The first-order chi connectivity index (χ1) is 15.6. The fraction of sp³-hybridized carbons (Fsp3) is 0. The van der Waals surface area contributed by atoms with E-state index in [1.807, 2.05) is 18.2 Å². The second-order valence-electron chi connectivity index (χ2n) is 7.18. The second-order valence-corrected chi connectivity index (χ2v) is 8.21. The summed E-state index contributed by atoms with van der Waals surface area (Å²) in [5.41, 5.74) is 9.70. The smallest absolute Gasteiger partial charge is 0.176 e. The van der Waals surface area contributed by atoms with E-state index in [2.05, 4.69) is 30.1 Å². The Hall–Kier alpha value is -4.18. The molecule has 0 atom stereocenters. The van der Waals surface area contributed by atoms with Crippen molar-refractivity contribution < 1.29 is 8.78 Å². The van der Waals surface area contributed by atoms with Gasteiger partial charge in [-0.2, -0.15) is 9.49 Å². The Morgan fingerprint density at radius 1 is 0.969 bits per heavy atom. The minimum absolute atomic E-state index is 0.116. The Kier molecular flexibility index (Phi) is 4.02. The third kappa shape index (κ3) is 2.84. The standard InChI is InChI=1S/C22H13F2N7S/c23-16-5-4-15(32-16)12-2-1-3-13-20(12)29-22(28-13)21-17-14(30-31-21)9-27-19(18(17)24)10-6-11(25)8-26-7-10/h1-9H,25H2,(H,28,29)(H,30,31). The molecule has 0 aliphatic rings. The molecule has 6 rings (SSSR count). The molecule has 32 heavy (non-hydrogen) atoms. The van der Waals surface area contributed by atoms with Crippen LogP contribution < -0.4 is 5.73 Å². The quantitative estimate of drug-likeness (QED) is 0.349. The van der Waals surface area contributed by atoms with E-state index in [-0.39, 0.29) is 16.2 Å². The number of anilines is 1. The number of imidazole rings is 1. The number of fused-ring (bicyclic) bond motifs is 2. The van der Waals surface area contributed by atoms with Gasteiger partial charge in [-0.15, -0.1) is 11.3 Å². The molecular weight excluding hydrogens is 432 g/mol. The summed E-state index contributed by atoms with van der Waals surface area (Å²) >= 11 is 1.04. The molecule has 7 nitrogen and oxygen atoms in total. The topological polar surface area (TPSA) is 109 Å². The van der Waals surface area contributed by atoms with E-state index in [1.165, 1.54) is 24.7 Å². The Morgan fingerprint density at radius 3 is 2.69 bits per heavy atom. The molecule has 0 saturated carbocycles. The molecule has 156 valence electrons. The van der Waals surface area contributed by atoms with Crippen LogP contribution in [0.2, 0.25) is 0 Å². The molecule has 0 bridgehead atoms. The van der Waals surface area contributed by atoms with Crippen molar-refractivity contribution in [3.63, 3.8) is 0 Å². The van der Waals surface area contributed by atoms with Gasteiger partial charge >= 0.3 is 0 Å². The average molecular weight is 445 g/mol. The van der Waals surface area contributed by atoms with Crippen LogP contribution in [0, 0.1) is 10.9 Å². The molecule has 6 aromatic rings. The summed E-state index contributed by atoms with van der Waals surface area (Å²) < 4.78 is 29.2. The summed E-state index contributed by atoms with van der Waals surface area (Å²) in [6.07, 6.45) is 4.49. The molecule has 0 saturated heterocycles. The van der Waals surface area contributed by atoms with Crippen molar-refractivity contribution >= 4 is 39.0 Å². The molecule has 0 radical (unpaired) electrons. The third-order valence-electron chi connectivity index (χ3n) is 5.15. The number of H-pyrrole nitrogens is 2. The molecule has 0 aliphatic carbocycles. The fourth-order valence-electron chi connectivity index (χ4n) is 3.74. The number of hydrogen-bond donors (Lipinski definition) is 3. The number of para-hydroxylation sites is 1. The van der Waals surface area contributed by atoms with Crippen LogP contribution in [0.4, 0.5) is 14.5 Å². The first kappa shape index (κ1) is 18.6. The number of nitrogen functional groups attached to an aromatic ring is 1. The van der Waals surface area contributed by atoms with Crippen LogP contribution in [-0.2, 0) is 0 Å². The van der Waals surface area contributed by atoms with Crippen LogP contribution in [0.3, 0.4) is 0 Å². The number of hydrogen-bond acceptors (Lipinski definition) is 6. The maximum Gasteiger partial charge on any atom is 0.176 e. The predicted molar refractivity (Wildman–Crippen MR) is 120 cm³/mol. The van der Waals surface area contributed by atoms with Crippen LogP contribution in [0.1, 0.15) is 0 Å². The van der Waals surface area contributed by atoms with Crippen LogP contribution in [0.25, 0.3) is 55.2 Å². The van der Waals surface area contributed by atoms with Gasteiger partial charge in [-0.3, -0.25) is 15.1 Å². The van der Waals surface area contributed by atoms with Gasteiger partial charge in [-0.25, -0.2) is 9.37 Å². The van der Waals surface area contributed by atoms with Gasteiger partial charge in [-0.05, 0) is 24.3 Å². The summed E-state index contributed by atoms with van der Waals surface area (Å²) in [4.78, 5) is 16.9. The molecule has 0 aliphatic heterocycles. The molecule has 4 N–H and O–H groups in total. The zero-order valence-electron chi connectivity index (χ0n) is 16.2. The molecule has 0 amide bonds. The molecule has 0 spiro atoms. The Labute approximate surface area is 183 Å². The van der Waals surface area contributed by atoms with Crippen molar-refractivity contribution in [3.05, 3.63) is 65.9 Å². The highest BCUT2D eigenvalue weighted by Gasteiger charge is 2.21. The lowest BCUT2D eigenvalue weighted by molar-refractivity contribution is 0.638. The van der Waals surface area contributed by atoms with Crippen molar-refractivity contribution in [2.45, 2.75) is 0 Å². The maximum absolute atomic E-state index is 15.6. The minimum atomic E-state index is -0.556. The van der Waals surface area contributed by atoms with Crippen molar-refractivity contribution in [3.8, 4) is 33.2 Å². The molecular formula is C22H13F2N7S. The van der Waals surface area contributed by atoms with E-state index >= 15 is 4.39 Å². The van der Waals surface area contributed by atoms with Gasteiger partial charge in [0.1, 0.15) is 11.4 Å². The highest BCUT2D eigenvalue weighted by Crippen LogP contribution is 2.36. The normalized spacial score (nSPS) is 11.6. The number of pyridine rings is 2. The molecule has 1 aromatic carbocycles. The van der Waals surface area contributed by atoms with E-state index in [0.717, 1.165) is 27.3 Å². The van der Waals surface area contributed by atoms with E-state index in [9.17, 15) is 4.39 Å². The lowest BCUT2D eigenvalue weighted by atomic mass is 10.1. The molecule has 0 fully saturated rings.